The van der Waals surface area contributed by atoms with Crippen LogP contribution in [0.25, 0.3) is 0 Å². The van der Waals surface area contributed by atoms with Crippen LogP contribution < -0.4 is 0 Å². The number of hydrogen-bond acceptors (Lipinski definition) is 19. The van der Waals surface area contributed by atoms with E-state index >= 15 is 0 Å². The lowest BCUT2D eigenvalue weighted by atomic mass is 9.99. The third-order valence-corrected chi connectivity index (χ3v) is 6.50. The molecule has 19 nitrogen and oxygen atoms in total. The van der Waals surface area contributed by atoms with Crippen LogP contribution in [0.4, 0.5) is 0 Å². The van der Waals surface area contributed by atoms with Gasteiger partial charge in [0.25, 0.3) is 0 Å². The zero-order valence-corrected chi connectivity index (χ0v) is 21.0. The van der Waals surface area contributed by atoms with E-state index in [-0.39, 0.29) is 0 Å². The average molecular weight is 595 g/mol. The molecule has 0 aromatic carbocycles. The van der Waals surface area contributed by atoms with Gasteiger partial charge in [-0.1, -0.05) is 0 Å². The first-order valence-electron chi connectivity index (χ1n) is 12.1. The molecule has 0 amide bonds. The lowest BCUT2D eigenvalue weighted by Gasteiger charge is -2.43. The van der Waals surface area contributed by atoms with Crippen molar-refractivity contribution in [3.8, 4) is 0 Å². The van der Waals surface area contributed by atoms with Gasteiger partial charge in [0.05, 0.1) is 26.4 Å². The van der Waals surface area contributed by atoms with Gasteiger partial charge in [-0.25, -0.2) is 4.79 Å². The summed E-state index contributed by atoms with van der Waals surface area (Å²) in [5.41, 5.74) is 0. The Labute approximate surface area is 226 Å². The molecule has 40 heavy (non-hydrogen) atoms. The first kappa shape index (κ1) is 35.0. The molecule has 0 radical (unpaired) electrons. The topological polar surface area (TPSA) is 326 Å². The molecule has 13 N–H and O–H groups in total. The Bertz CT molecular complexity index is 774. The van der Waals surface area contributed by atoms with E-state index in [0.717, 1.165) is 0 Å². The van der Waals surface area contributed by atoms with Crippen LogP contribution in [-0.4, -0.2) is 197 Å². The van der Waals surface area contributed by atoms with Gasteiger partial charge in [-0.05, 0) is 0 Å². The summed E-state index contributed by atoms with van der Waals surface area (Å²) in [6.45, 7) is -5.06. The summed E-state index contributed by atoms with van der Waals surface area (Å²) in [7, 11) is 0. The Morgan fingerprint density at radius 1 is 0.825 bits per heavy atom. The van der Waals surface area contributed by atoms with Crippen LogP contribution in [0.3, 0.4) is 0 Å². The molecule has 2 heterocycles. The van der Waals surface area contributed by atoms with Gasteiger partial charge < -0.3 is 90.1 Å². The molecule has 1 unspecified atom stereocenters. The summed E-state index contributed by atoms with van der Waals surface area (Å²) in [4.78, 5) is 12.0. The number of carbonyl (C=O) groups is 1. The minimum Gasteiger partial charge on any atom is -0.461 e. The molecule has 2 aliphatic rings. The highest BCUT2D eigenvalue weighted by atomic mass is 16.8. The fraction of sp³-hybridized carbons (Fsp3) is 0.952. The Kier molecular flexibility index (Phi) is 13.4. The second kappa shape index (κ2) is 15.3. The van der Waals surface area contributed by atoms with Crippen LogP contribution >= 0.6 is 0 Å². The largest absolute Gasteiger partial charge is 0.461 e. The standard InChI is InChI=1S/C21H38O19/c22-1-7(4-37-19(35)16(32)14(30)11(27)8(26)2-23)36-5-10-12(28)15(31)17(33)20(38-10)40-21(6-25)18(34)13(29)9(3-24)39-21/h7-18,20,22-34H,1-6H2/t7?,8-,9-,10-,11-,12-,13-,14+,15+,16-,17-,18+,20-,21+/m1/s1. The quantitative estimate of drug-likeness (QED) is 0.0782. The van der Waals surface area contributed by atoms with Gasteiger partial charge in [0.1, 0.15) is 80.4 Å². The van der Waals surface area contributed by atoms with Crippen molar-refractivity contribution in [2.75, 3.05) is 39.6 Å². The predicted molar refractivity (Wildman–Crippen MR) is 120 cm³/mol. The van der Waals surface area contributed by atoms with Crippen molar-refractivity contribution in [1.82, 2.24) is 0 Å². The number of esters is 1. The van der Waals surface area contributed by atoms with Crippen LogP contribution in [0, 0.1) is 0 Å². The van der Waals surface area contributed by atoms with Crippen molar-refractivity contribution in [3.05, 3.63) is 0 Å². The summed E-state index contributed by atoms with van der Waals surface area (Å²) in [6, 6.07) is 0. The molecular formula is C21H38O19. The molecular weight excluding hydrogens is 556 g/mol. The van der Waals surface area contributed by atoms with Crippen molar-refractivity contribution in [2.45, 2.75) is 85.3 Å². The molecule has 0 aromatic rings. The Balaban J connectivity index is 1.99. The van der Waals surface area contributed by atoms with Gasteiger partial charge in [0.15, 0.2) is 12.4 Å². The van der Waals surface area contributed by atoms with Crippen molar-refractivity contribution >= 4 is 5.97 Å². The maximum atomic E-state index is 12.0. The van der Waals surface area contributed by atoms with Gasteiger partial charge in [-0.2, -0.15) is 0 Å². The number of hydrogen-bond donors (Lipinski definition) is 13. The minimum absolute atomic E-state index is 0.655. The van der Waals surface area contributed by atoms with Crippen LogP contribution in [0.2, 0.25) is 0 Å². The fourth-order valence-corrected chi connectivity index (χ4v) is 3.92. The molecule has 2 fully saturated rings. The maximum Gasteiger partial charge on any atom is 0.337 e. The Morgan fingerprint density at radius 2 is 1.48 bits per heavy atom. The van der Waals surface area contributed by atoms with E-state index in [1.54, 1.807) is 0 Å². The van der Waals surface area contributed by atoms with Crippen molar-refractivity contribution < 1.29 is 94.9 Å². The Morgan fingerprint density at radius 3 is 2.00 bits per heavy atom. The molecule has 236 valence electrons. The highest BCUT2D eigenvalue weighted by Gasteiger charge is 2.58. The SMILES string of the molecule is O=C(OCC(CO)OC[C@H]1O[C@H](O[C@]2(CO)O[C@H](CO)[C@@H](O)[C@@H]2O)[C@H](O)[C@@H](O)[C@@H]1O)[C@H](O)[C@@H](O)[C@H](O)[C@H](O)CO. The van der Waals surface area contributed by atoms with Crippen LogP contribution in [-0.2, 0) is 28.5 Å². The summed E-state index contributed by atoms with van der Waals surface area (Å²) in [5.74, 6) is -3.90. The summed E-state index contributed by atoms with van der Waals surface area (Å²) in [6.07, 6.45) is -24.1. The number of rotatable bonds is 15. The van der Waals surface area contributed by atoms with Gasteiger partial charge in [0.2, 0.25) is 5.79 Å². The van der Waals surface area contributed by atoms with Crippen LogP contribution in [0.15, 0.2) is 0 Å². The van der Waals surface area contributed by atoms with Crippen molar-refractivity contribution in [2.24, 2.45) is 0 Å². The van der Waals surface area contributed by atoms with E-state index in [1.807, 2.05) is 0 Å². The summed E-state index contributed by atoms with van der Waals surface area (Å²) in [5, 5.41) is 127. The normalized spacial score (nSPS) is 38.4. The zero-order valence-electron chi connectivity index (χ0n) is 21.0. The lowest BCUT2D eigenvalue weighted by molar-refractivity contribution is -0.384. The number of aliphatic hydroxyl groups excluding tert-OH is 13. The lowest BCUT2D eigenvalue weighted by Crippen LogP contribution is -2.63. The molecule has 2 aliphatic heterocycles. The molecule has 19 heteroatoms. The van der Waals surface area contributed by atoms with E-state index in [0.29, 0.717) is 0 Å². The minimum atomic E-state index is -2.40. The number of carbonyl (C=O) groups excluding carboxylic acids is 1. The maximum absolute atomic E-state index is 12.0. The van der Waals surface area contributed by atoms with Crippen LogP contribution in [0.5, 0.6) is 0 Å². The first-order chi connectivity index (χ1) is 18.8. The number of aliphatic hydroxyl groups is 13. The average Bonchev–Trinajstić information content (AvgIpc) is 3.20. The molecule has 2 rings (SSSR count). The second-order valence-electron chi connectivity index (χ2n) is 9.32. The molecule has 0 aliphatic carbocycles. The van der Waals surface area contributed by atoms with Crippen molar-refractivity contribution in [1.29, 1.82) is 0 Å². The fourth-order valence-electron chi connectivity index (χ4n) is 3.92. The third-order valence-electron chi connectivity index (χ3n) is 6.50. The van der Waals surface area contributed by atoms with Crippen LogP contribution in [0.1, 0.15) is 0 Å². The Hall–Kier alpha value is -1.21. The van der Waals surface area contributed by atoms with E-state index in [2.05, 4.69) is 0 Å². The van der Waals surface area contributed by atoms with Gasteiger partial charge in [-0.15, -0.1) is 0 Å². The van der Waals surface area contributed by atoms with E-state index in [9.17, 15) is 66.1 Å². The van der Waals surface area contributed by atoms with Gasteiger partial charge >= 0.3 is 5.97 Å². The second-order valence-corrected chi connectivity index (χ2v) is 9.32. The van der Waals surface area contributed by atoms with Crippen molar-refractivity contribution in [3.63, 3.8) is 0 Å². The van der Waals surface area contributed by atoms with E-state index in [1.165, 1.54) is 0 Å². The first-order valence-corrected chi connectivity index (χ1v) is 12.1. The zero-order chi connectivity index (χ0) is 30.4. The molecule has 14 atom stereocenters. The monoisotopic (exact) mass is 594 g/mol. The smallest absolute Gasteiger partial charge is 0.337 e. The molecule has 0 spiro atoms. The highest BCUT2D eigenvalue weighted by molar-refractivity contribution is 5.75. The molecule has 0 aromatic heterocycles. The van der Waals surface area contributed by atoms with E-state index < -0.39 is 131 Å². The number of ether oxygens (including phenoxy) is 5. The predicted octanol–water partition coefficient (Wildman–Crippen LogP) is -9.03. The molecule has 0 bridgehead atoms. The summed E-state index contributed by atoms with van der Waals surface area (Å²) < 4.78 is 25.9. The molecule has 0 saturated carbocycles. The van der Waals surface area contributed by atoms with Gasteiger partial charge in [0, 0.05) is 0 Å². The van der Waals surface area contributed by atoms with E-state index in [4.69, 9.17) is 28.8 Å². The third kappa shape index (κ3) is 7.79. The van der Waals surface area contributed by atoms with Gasteiger partial charge in [-0.3, -0.25) is 0 Å². The highest BCUT2D eigenvalue weighted by Crippen LogP contribution is 2.36. The summed E-state index contributed by atoms with van der Waals surface area (Å²) >= 11 is 0. The molecule has 2 saturated heterocycles.